The average molecular weight is 694 g/mol. The highest BCUT2D eigenvalue weighted by Crippen LogP contribution is 2.46. The Morgan fingerprint density at radius 1 is 0.377 bits per heavy atom. The first-order valence-corrected chi connectivity index (χ1v) is 18.8. The van der Waals surface area contributed by atoms with E-state index in [1.807, 2.05) is 11.3 Å². The van der Waals surface area contributed by atoms with Gasteiger partial charge in [0, 0.05) is 47.7 Å². The zero-order valence-corrected chi connectivity index (χ0v) is 29.5. The van der Waals surface area contributed by atoms with Gasteiger partial charge in [-0.25, -0.2) is 0 Å². The van der Waals surface area contributed by atoms with Crippen LogP contribution >= 0.6 is 11.3 Å². The van der Waals surface area contributed by atoms with E-state index in [0.717, 1.165) is 44.3 Å². The molecule has 0 aliphatic heterocycles. The monoisotopic (exact) mass is 693 g/mol. The molecular weight excluding hydrogens is 663 g/mol. The molecule has 0 fully saturated rings. The third kappa shape index (κ3) is 4.78. The van der Waals surface area contributed by atoms with Crippen LogP contribution in [-0.2, 0) is 0 Å². The number of nitrogens with zero attached hydrogens (tertiary/aromatic N) is 1. The Morgan fingerprint density at radius 2 is 0.962 bits per heavy atom. The first-order valence-electron chi connectivity index (χ1n) is 18.0. The third-order valence-electron chi connectivity index (χ3n) is 10.7. The van der Waals surface area contributed by atoms with Crippen molar-refractivity contribution in [1.82, 2.24) is 0 Å². The Kier molecular flexibility index (Phi) is 6.76. The molecular formula is C50H31NOS. The van der Waals surface area contributed by atoms with Crippen LogP contribution in [0.1, 0.15) is 0 Å². The highest BCUT2D eigenvalue weighted by atomic mass is 32.1. The van der Waals surface area contributed by atoms with Crippen molar-refractivity contribution in [2.75, 3.05) is 4.90 Å². The van der Waals surface area contributed by atoms with Crippen molar-refractivity contribution in [3.05, 3.63) is 188 Å². The van der Waals surface area contributed by atoms with Crippen molar-refractivity contribution in [3.63, 3.8) is 0 Å². The van der Waals surface area contributed by atoms with E-state index >= 15 is 0 Å². The van der Waals surface area contributed by atoms with Gasteiger partial charge in [0.2, 0.25) is 0 Å². The number of furan rings is 1. The third-order valence-corrected chi connectivity index (χ3v) is 11.8. The first kappa shape index (κ1) is 30.0. The number of hydrogen-bond acceptors (Lipinski definition) is 3. The Labute approximate surface area is 310 Å². The molecule has 0 saturated carbocycles. The number of fused-ring (bicyclic) bond motifs is 9. The maximum absolute atomic E-state index is 6.53. The highest BCUT2D eigenvalue weighted by molar-refractivity contribution is 7.26. The molecule has 0 atom stereocenters. The lowest BCUT2D eigenvalue weighted by Gasteiger charge is -2.27. The molecule has 53 heavy (non-hydrogen) atoms. The summed E-state index contributed by atoms with van der Waals surface area (Å²) < 4.78 is 9.11. The van der Waals surface area contributed by atoms with Gasteiger partial charge in [-0.3, -0.25) is 0 Å². The Morgan fingerprint density at radius 3 is 1.75 bits per heavy atom. The Balaban J connectivity index is 1.07. The smallest absolute Gasteiger partial charge is 0.143 e. The van der Waals surface area contributed by atoms with Crippen molar-refractivity contribution in [2.45, 2.75) is 0 Å². The van der Waals surface area contributed by atoms with Crippen LogP contribution in [0.5, 0.6) is 0 Å². The number of anilines is 3. The van der Waals surface area contributed by atoms with Gasteiger partial charge in [0.1, 0.15) is 11.2 Å². The summed E-state index contributed by atoms with van der Waals surface area (Å²) in [6.45, 7) is 0. The molecule has 0 amide bonds. The van der Waals surface area contributed by atoms with E-state index in [1.165, 1.54) is 58.7 Å². The normalized spacial score (nSPS) is 11.8. The fraction of sp³-hybridized carbons (Fsp3) is 0. The first-order chi connectivity index (χ1) is 26.3. The predicted octanol–water partition coefficient (Wildman–Crippen LogP) is 15.1. The van der Waals surface area contributed by atoms with Crippen LogP contribution in [0.15, 0.2) is 192 Å². The summed E-state index contributed by atoms with van der Waals surface area (Å²) in [5.74, 6) is 0. The second-order valence-electron chi connectivity index (χ2n) is 13.6. The van der Waals surface area contributed by atoms with Gasteiger partial charge in [0.25, 0.3) is 0 Å². The minimum Gasteiger partial charge on any atom is -0.455 e. The molecule has 0 saturated heterocycles. The molecule has 2 aromatic heterocycles. The molecule has 248 valence electrons. The molecule has 11 aromatic rings. The standard InChI is InChI=1S/C50H31NOS/c1-3-13-38-32(10-1)12-7-16-39(38)34-22-27-36(28-23-34)51(44-18-9-21-47-49(44)42-15-5-6-20-46(42)53-47)37-29-24-35(25-30-37)40-17-8-19-45-48(40)43-31-26-33-11-2-4-14-41(33)50(43)52-45/h1-31H. The highest BCUT2D eigenvalue weighted by Gasteiger charge is 2.20. The summed E-state index contributed by atoms with van der Waals surface area (Å²) in [4.78, 5) is 2.41. The van der Waals surface area contributed by atoms with Crippen LogP contribution in [-0.4, -0.2) is 0 Å². The quantitative estimate of drug-likeness (QED) is 0.178. The lowest BCUT2D eigenvalue weighted by Crippen LogP contribution is -2.10. The number of thiophene rings is 1. The number of hydrogen-bond donors (Lipinski definition) is 0. The van der Waals surface area contributed by atoms with Crippen LogP contribution in [0.2, 0.25) is 0 Å². The molecule has 0 N–H and O–H groups in total. The van der Waals surface area contributed by atoms with Crippen molar-refractivity contribution in [3.8, 4) is 22.3 Å². The van der Waals surface area contributed by atoms with Gasteiger partial charge in [-0.05, 0) is 93.0 Å². The van der Waals surface area contributed by atoms with Crippen LogP contribution < -0.4 is 4.90 Å². The molecule has 9 aromatic carbocycles. The largest absolute Gasteiger partial charge is 0.455 e. The van der Waals surface area contributed by atoms with E-state index in [4.69, 9.17) is 4.42 Å². The van der Waals surface area contributed by atoms with Crippen LogP contribution in [0.4, 0.5) is 17.1 Å². The summed E-state index contributed by atoms with van der Waals surface area (Å²) >= 11 is 1.85. The number of rotatable bonds is 5. The summed E-state index contributed by atoms with van der Waals surface area (Å²) in [6.07, 6.45) is 0. The second-order valence-corrected chi connectivity index (χ2v) is 14.7. The zero-order chi connectivity index (χ0) is 34.9. The molecule has 0 aliphatic carbocycles. The van der Waals surface area contributed by atoms with Gasteiger partial charge in [-0.2, -0.15) is 0 Å². The molecule has 2 nitrogen and oxygen atoms in total. The zero-order valence-electron chi connectivity index (χ0n) is 28.7. The molecule has 11 rings (SSSR count). The SMILES string of the molecule is c1ccc2c(-c3ccc(N(c4ccc(-c5cccc6oc7c8ccccc8ccc7c56)cc4)c4cccc5sc6ccccc6c45)cc3)cccc2c1. The molecule has 0 radical (unpaired) electrons. The van der Waals surface area contributed by atoms with Crippen molar-refractivity contribution >= 4 is 92.1 Å². The lowest BCUT2D eigenvalue weighted by molar-refractivity contribution is 0.673. The van der Waals surface area contributed by atoms with E-state index in [0.29, 0.717) is 0 Å². The average Bonchev–Trinajstić information content (AvgIpc) is 3.81. The van der Waals surface area contributed by atoms with Gasteiger partial charge in [-0.15, -0.1) is 11.3 Å². The fourth-order valence-corrected chi connectivity index (χ4v) is 9.35. The molecule has 0 bridgehead atoms. The van der Waals surface area contributed by atoms with Gasteiger partial charge in [-0.1, -0.05) is 133 Å². The molecule has 3 heteroatoms. The van der Waals surface area contributed by atoms with E-state index in [9.17, 15) is 0 Å². The Bertz CT molecular complexity index is 3160. The van der Waals surface area contributed by atoms with Crippen molar-refractivity contribution in [2.24, 2.45) is 0 Å². The van der Waals surface area contributed by atoms with Gasteiger partial charge in [0.15, 0.2) is 0 Å². The predicted molar refractivity (Wildman–Crippen MR) is 227 cm³/mol. The second kappa shape index (κ2) is 11.9. The van der Waals surface area contributed by atoms with Crippen LogP contribution in [0.25, 0.3) is 85.9 Å². The van der Waals surface area contributed by atoms with Gasteiger partial charge >= 0.3 is 0 Å². The van der Waals surface area contributed by atoms with E-state index in [-0.39, 0.29) is 0 Å². The molecule has 2 heterocycles. The minimum absolute atomic E-state index is 0.904. The summed E-state index contributed by atoms with van der Waals surface area (Å²) in [6, 6.07) is 68.0. The van der Waals surface area contributed by atoms with E-state index in [1.54, 1.807) is 0 Å². The molecule has 0 aliphatic rings. The number of benzene rings is 9. The topological polar surface area (TPSA) is 16.4 Å². The van der Waals surface area contributed by atoms with E-state index in [2.05, 4.69) is 193 Å². The summed E-state index contributed by atoms with van der Waals surface area (Å²) in [5, 5.41) is 9.68. The van der Waals surface area contributed by atoms with Crippen LogP contribution in [0, 0.1) is 0 Å². The lowest BCUT2D eigenvalue weighted by atomic mass is 9.97. The summed E-state index contributed by atoms with van der Waals surface area (Å²) in [7, 11) is 0. The van der Waals surface area contributed by atoms with E-state index < -0.39 is 0 Å². The fourth-order valence-electron chi connectivity index (χ4n) is 8.22. The molecule has 0 spiro atoms. The maximum atomic E-state index is 6.53. The van der Waals surface area contributed by atoms with Crippen LogP contribution in [0.3, 0.4) is 0 Å². The Hall–Kier alpha value is -6.68. The maximum Gasteiger partial charge on any atom is 0.143 e. The minimum atomic E-state index is 0.904. The van der Waals surface area contributed by atoms with Gasteiger partial charge < -0.3 is 9.32 Å². The van der Waals surface area contributed by atoms with Crippen molar-refractivity contribution in [1.29, 1.82) is 0 Å². The summed E-state index contributed by atoms with van der Waals surface area (Å²) in [5.41, 5.74) is 9.99. The van der Waals surface area contributed by atoms with Gasteiger partial charge in [0.05, 0.1) is 5.69 Å². The van der Waals surface area contributed by atoms with Crippen molar-refractivity contribution < 1.29 is 4.42 Å². The molecule has 0 unspecified atom stereocenters.